The molecule has 0 saturated heterocycles. The highest BCUT2D eigenvalue weighted by atomic mass is 19.1. The lowest BCUT2D eigenvalue weighted by atomic mass is 10.1. The molecule has 6 heteroatoms. The number of rotatable bonds is 3. The van der Waals surface area contributed by atoms with Crippen molar-refractivity contribution in [1.29, 1.82) is 0 Å². The van der Waals surface area contributed by atoms with Crippen molar-refractivity contribution >= 4 is 5.91 Å². The Kier molecular flexibility index (Phi) is 3.19. The Labute approximate surface area is 119 Å². The van der Waals surface area contributed by atoms with Gasteiger partial charge in [-0.3, -0.25) is 4.79 Å². The molecule has 2 N–H and O–H groups in total. The summed E-state index contributed by atoms with van der Waals surface area (Å²) < 4.78 is 14.6. The molecule has 104 valence electrons. The average molecular weight is 282 g/mol. The number of carbonyl (C=O) groups is 1. The van der Waals surface area contributed by atoms with Crippen molar-refractivity contribution in [2.45, 2.75) is 0 Å². The molecule has 5 nitrogen and oxygen atoms in total. The lowest BCUT2D eigenvalue weighted by molar-refractivity contribution is 0.0995. The first-order valence-electron chi connectivity index (χ1n) is 6.22. The Bertz CT molecular complexity index is 781. The molecule has 0 fully saturated rings. The first-order valence-corrected chi connectivity index (χ1v) is 6.22. The van der Waals surface area contributed by atoms with Gasteiger partial charge in [-0.25, -0.2) is 14.1 Å². The van der Waals surface area contributed by atoms with Crippen molar-refractivity contribution in [2.24, 2.45) is 5.73 Å². The number of pyridine rings is 1. The Hall–Kier alpha value is -3.02. The molecule has 3 rings (SSSR count). The number of benzene rings is 1. The van der Waals surface area contributed by atoms with Crippen LogP contribution in [0, 0.1) is 5.82 Å². The van der Waals surface area contributed by atoms with Crippen LogP contribution in [0.1, 0.15) is 10.5 Å². The number of hydrogen-bond donors (Lipinski definition) is 1. The van der Waals surface area contributed by atoms with Crippen LogP contribution in [0.3, 0.4) is 0 Å². The fourth-order valence-electron chi connectivity index (χ4n) is 1.98. The Balaban J connectivity index is 2.19. The third-order valence-corrected chi connectivity index (χ3v) is 2.97. The second kappa shape index (κ2) is 5.16. The van der Waals surface area contributed by atoms with E-state index in [2.05, 4.69) is 10.1 Å². The molecule has 0 bridgehead atoms. The van der Waals surface area contributed by atoms with Gasteiger partial charge in [0.15, 0.2) is 11.5 Å². The van der Waals surface area contributed by atoms with Crippen molar-refractivity contribution in [2.75, 3.05) is 0 Å². The molecule has 0 unspecified atom stereocenters. The number of nitrogens with two attached hydrogens (primary N) is 1. The van der Waals surface area contributed by atoms with Crippen LogP contribution in [-0.4, -0.2) is 20.7 Å². The van der Waals surface area contributed by atoms with Gasteiger partial charge in [0.05, 0.1) is 5.69 Å². The van der Waals surface area contributed by atoms with Gasteiger partial charge in [-0.1, -0.05) is 6.07 Å². The van der Waals surface area contributed by atoms with Gasteiger partial charge in [0, 0.05) is 11.8 Å². The predicted molar refractivity (Wildman–Crippen MR) is 75.3 cm³/mol. The molecule has 2 aromatic heterocycles. The van der Waals surface area contributed by atoms with Crippen LogP contribution in [0.25, 0.3) is 17.1 Å². The van der Waals surface area contributed by atoms with E-state index in [9.17, 15) is 9.18 Å². The number of nitrogens with zero attached hydrogens (tertiary/aromatic N) is 3. The summed E-state index contributed by atoms with van der Waals surface area (Å²) in [5.74, 6) is -0.421. The van der Waals surface area contributed by atoms with Crippen LogP contribution in [-0.2, 0) is 0 Å². The fourth-order valence-corrected chi connectivity index (χ4v) is 1.98. The van der Waals surface area contributed by atoms with E-state index in [0.717, 1.165) is 0 Å². The summed E-state index contributed by atoms with van der Waals surface area (Å²) in [6, 6.07) is 12.8. The summed E-state index contributed by atoms with van der Waals surface area (Å²) in [5, 5.41) is 4.16. The van der Waals surface area contributed by atoms with Crippen molar-refractivity contribution in [1.82, 2.24) is 14.8 Å². The molecule has 3 aromatic rings. The van der Waals surface area contributed by atoms with E-state index in [4.69, 9.17) is 5.73 Å². The molecule has 0 saturated carbocycles. The summed E-state index contributed by atoms with van der Waals surface area (Å²) in [6.07, 6.45) is 1.62. The molecule has 0 spiro atoms. The largest absolute Gasteiger partial charge is 0.364 e. The molecule has 2 heterocycles. The summed E-state index contributed by atoms with van der Waals surface area (Å²) in [5.41, 5.74) is 6.73. The zero-order chi connectivity index (χ0) is 14.8. The lowest BCUT2D eigenvalue weighted by Crippen LogP contribution is -2.12. The molecule has 0 aliphatic carbocycles. The molecule has 1 amide bonds. The Morgan fingerprint density at radius 2 is 1.90 bits per heavy atom. The second-order valence-corrected chi connectivity index (χ2v) is 4.39. The minimum Gasteiger partial charge on any atom is -0.364 e. The number of aromatic nitrogens is 3. The van der Waals surface area contributed by atoms with E-state index in [1.807, 2.05) is 6.07 Å². The van der Waals surface area contributed by atoms with Crippen LogP contribution < -0.4 is 5.73 Å². The highest BCUT2D eigenvalue weighted by Crippen LogP contribution is 2.23. The quantitative estimate of drug-likeness (QED) is 0.800. The molecular weight excluding hydrogens is 271 g/mol. The highest BCUT2D eigenvalue weighted by molar-refractivity contribution is 5.92. The maximum atomic E-state index is 13.1. The van der Waals surface area contributed by atoms with Crippen molar-refractivity contribution in [3.05, 3.63) is 66.2 Å². The van der Waals surface area contributed by atoms with Gasteiger partial charge in [0.25, 0.3) is 5.91 Å². The zero-order valence-electron chi connectivity index (χ0n) is 10.9. The van der Waals surface area contributed by atoms with Crippen LogP contribution in [0.5, 0.6) is 0 Å². The minimum atomic E-state index is -0.631. The minimum absolute atomic E-state index is 0.125. The topological polar surface area (TPSA) is 73.8 Å². The van der Waals surface area contributed by atoms with Gasteiger partial charge in [-0.2, -0.15) is 5.10 Å². The van der Waals surface area contributed by atoms with Crippen LogP contribution in [0.15, 0.2) is 54.7 Å². The van der Waals surface area contributed by atoms with Crippen molar-refractivity contribution in [3.8, 4) is 17.1 Å². The monoisotopic (exact) mass is 282 g/mol. The number of primary amides is 1. The molecule has 0 aliphatic rings. The summed E-state index contributed by atoms with van der Waals surface area (Å²) in [6.45, 7) is 0. The van der Waals surface area contributed by atoms with Gasteiger partial charge < -0.3 is 5.73 Å². The predicted octanol–water partition coefficient (Wildman–Crippen LogP) is 2.17. The standard InChI is InChI=1S/C15H11FN4O/c16-11-6-4-10(5-7-11)13-9-12(15(17)21)19-20(13)14-3-1-2-8-18-14/h1-9H,(H2,17,21). The van der Waals surface area contributed by atoms with Crippen LogP contribution in [0.2, 0.25) is 0 Å². The molecule has 0 atom stereocenters. The normalized spacial score (nSPS) is 10.5. The fraction of sp³-hybridized carbons (Fsp3) is 0. The summed E-state index contributed by atoms with van der Waals surface area (Å²) >= 11 is 0. The molecule has 1 aromatic carbocycles. The third kappa shape index (κ3) is 2.51. The maximum Gasteiger partial charge on any atom is 0.269 e. The van der Waals surface area contributed by atoms with E-state index in [1.165, 1.54) is 16.8 Å². The van der Waals surface area contributed by atoms with E-state index >= 15 is 0 Å². The summed E-state index contributed by atoms with van der Waals surface area (Å²) in [7, 11) is 0. The number of carbonyl (C=O) groups excluding carboxylic acids is 1. The van der Waals surface area contributed by atoms with Crippen LogP contribution >= 0.6 is 0 Å². The molecule has 0 radical (unpaired) electrons. The zero-order valence-corrected chi connectivity index (χ0v) is 10.9. The average Bonchev–Trinajstić information content (AvgIpc) is 2.94. The Morgan fingerprint density at radius 3 is 2.52 bits per heavy atom. The van der Waals surface area contributed by atoms with Gasteiger partial charge in [0.1, 0.15) is 5.82 Å². The van der Waals surface area contributed by atoms with Crippen molar-refractivity contribution in [3.63, 3.8) is 0 Å². The first-order chi connectivity index (χ1) is 10.1. The van der Waals surface area contributed by atoms with E-state index in [-0.39, 0.29) is 11.5 Å². The lowest BCUT2D eigenvalue weighted by Gasteiger charge is -2.06. The van der Waals surface area contributed by atoms with Crippen LogP contribution in [0.4, 0.5) is 4.39 Å². The van der Waals surface area contributed by atoms with E-state index in [1.54, 1.807) is 36.5 Å². The molecule has 0 aliphatic heterocycles. The number of amides is 1. The Morgan fingerprint density at radius 1 is 1.14 bits per heavy atom. The molecular formula is C15H11FN4O. The maximum absolute atomic E-state index is 13.1. The third-order valence-electron chi connectivity index (χ3n) is 2.97. The highest BCUT2D eigenvalue weighted by Gasteiger charge is 2.15. The SMILES string of the molecule is NC(=O)c1cc(-c2ccc(F)cc2)n(-c2ccccn2)n1. The van der Waals surface area contributed by atoms with Crippen molar-refractivity contribution < 1.29 is 9.18 Å². The molecule has 21 heavy (non-hydrogen) atoms. The summed E-state index contributed by atoms with van der Waals surface area (Å²) in [4.78, 5) is 15.5. The van der Waals surface area contributed by atoms with Gasteiger partial charge in [-0.15, -0.1) is 0 Å². The van der Waals surface area contributed by atoms with E-state index in [0.29, 0.717) is 17.1 Å². The first kappa shape index (κ1) is 13.0. The van der Waals surface area contributed by atoms with Gasteiger partial charge in [0.2, 0.25) is 0 Å². The second-order valence-electron chi connectivity index (χ2n) is 4.39. The van der Waals surface area contributed by atoms with E-state index < -0.39 is 5.91 Å². The number of halogens is 1. The number of hydrogen-bond acceptors (Lipinski definition) is 3. The van der Waals surface area contributed by atoms with Gasteiger partial charge >= 0.3 is 0 Å². The van der Waals surface area contributed by atoms with Gasteiger partial charge in [-0.05, 0) is 42.5 Å². The smallest absolute Gasteiger partial charge is 0.269 e.